The lowest BCUT2D eigenvalue weighted by Gasteiger charge is -1.99. The van der Waals surface area contributed by atoms with E-state index in [0.717, 1.165) is 0 Å². The van der Waals surface area contributed by atoms with Gasteiger partial charge in [-0.15, -0.1) is 0 Å². The molecule has 0 heterocycles. The molecule has 0 spiro atoms. The molecular formula is C11H22O3. The highest BCUT2D eigenvalue weighted by Crippen LogP contribution is 1.82. The van der Waals surface area contributed by atoms with Gasteiger partial charge in [-0.25, -0.2) is 0 Å². The minimum absolute atomic E-state index is 0.255. The molecule has 0 aliphatic heterocycles. The zero-order valence-electron chi connectivity index (χ0n) is 9.92. The summed E-state index contributed by atoms with van der Waals surface area (Å²) in [6.45, 7) is 11.0. The standard InChI is InChI=1S/C6H12O3.C5H10/c1-3-8-4-5-9-6(2)7;1-4-5(2)3/h3-5H2,1-2H3;4H,1-3H3. The lowest BCUT2D eigenvalue weighted by Crippen LogP contribution is -2.06. The van der Waals surface area contributed by atoms with Crippen LogP contribution in [0.25, 0.3) is 0 Å². The van der Waals surface area contributed by atoms with Crippen LogP contribution in [0.2, 0.25) is 0 Å². The molecule has 0 aromatic heterocycles. The number of carbonyl (C=O) groups is 1. The predicted molar refractivity (Wildman–Crippen MR) is 58.2 cm³/mol. The van der Waals surface area contributed by atoms with Gasteiger partial charge >= 0.3 is 5.97 Å². The van der Waals surface area contributed by atoms with Crippen LogP contribution in [-0.2, 0) is 14.3 Å². The number of rotatable bonds is 4. The van der Waals surface area contributed by atoms with Gasteiger partial charge in [0, 0.05) is 13.5 Å². The average molecular weight is 202 g/mol. The van der Waals surface area contributed by atoms with Gasteiger partial charge in [-0.1, -0.05) is 11.6 Å². The average Bonchev–Trinajstić information content (AvgIpc) is 2.13. The van der Waals surface area contributed by atoms with Crippen LogP contribution in [-0.4, -0.2) is 25.8 Å². The number of ether oxygens (including phenoxy) is 2. The summed E-state index contributed by atoms with van der Waals surface area (Å²) in [6, 6.07) is 0. The van der Waals surface area contributed by atoms with Crippen molar-refractivity contribution >= 4 is 5.97 Å². The van der Waals surface area contributed by atoms with E-state index in [-0.39, 0.29) is 5.97 Å². The lowest BCUT2D eigenvalue weighted by molar-refractivity contribution is -0.142. The van der Waals surface area contributed by atoms with Gasteiger partial charge in [-0.2, -0.15) is 0 Å². The third-order valence-electron chi connectivity index (χ3n) is 1.31. The Kier molecular flexibility index (Phi) is 13.6. The van der Waals surface area contributed by atoms with Crippen LogP contribution in [0.5, 0.6) is 0 Å². The van der Waals surface area contributed by atoms with Crippen LogP contribution in [0.1, 0.15) is 34.6 Å². The molecule has 0 N–H and O–H groups in total. The molecule has 0 saturated heterocycles. The van der Waals surface area contributed by atoms with Crippen molar-refractivity contribution in [3.8, 4) is 0 Å². The smallest absolute Gasteiger partial charge is 0.302 e. The first-order valence-electron chi connectivity index (χ1n) is 4.85. The molecule has 0 atom stereocenters. The first kappa shape index (κ1) is 15.6. The quantitative estimate of drug-likeness (QED) is 0.399. The van der Waals surface area contributed by atoms with Crippen LogP contribution in [0.4, 0.5) is 0 Å². The summed E-state index contributed by atoms with van der Waals surface area (Å²) >= 11 is 0. The zero-order chi connectivity index (χ0) is 11.4. The molecule has 0 saturated carbocycles. The van der Waals surface area contributed by atoms with Gasteiger partial charge < -0.3 is 9.47 Å². The fraction of sp³-hybridized carbons (Fsp3) is 0.727. The van der Waals surface area contributed by atoms with Crippen LogP contribution in [0.15, 0.2) is 11.6 Å². The van der Waals surface area contributed by atoms with E-state index >= 15 is 0 Å². The van der Waals surface area contributed by atoms with Gasteiger partial charge in [-0.3, -0.25) is 4.79 Å². The van der Waals surface area contributed by atoms with Crippen LogP contribution >= 0.6 is 0 Å². The minimum atomic E-state index is -0.255. The molecule has 84 valence electrons. The third-order valence-corrected chi connectivity index (χ3v) is 1.31. The Bertz CT molecular complexity index is 158. The Balaban J connectivity index is 0. The second-order valence-electron chi connectivity index (χ2n) is 2.90. The molecular weight excluding hydrogens is 180 g/mol. The van der Waals surface area contributed by atoms with E-state index in [1.807, 2.05) is 13.8 Å². The maximum atomic E-state index is 10.1. The highest BCUT2D eigenvalue weighted by Gasteiger charge is 1.89. The molecule has 0 aliphatic carbocycles. The van der Waals surface area contributed by atoms with Crippen molar-refractivity contribution in [2.24, 2.45) is 0 Å². The molecule has 14 heavy (non-hydrogen) atoms. The largest absolute Gasteiger partial charge is 0.463 e. The zero-order valence-corrected chi connectivity index (χ0v) is 9.92. The van der Waals surface area contributed by atoms with E-state index in [2.05, 4.69) is 24.7 Å². The summed E-state index contributed by atoms with van der Waals surface area (Å²) < 4.78 is 9.49. The number of hydrogen-bond donors (Lipinski definition) is 0. The second kappa shape index (κ2) is 12.2. The Morgan fingerprint density at radius 1 is 1.21 bits per heavy atom. The van der Waals surface area contributed by atoms with Gasteiger partial charge in [0.25, 0.3) is 0 Å². The maximum Gasteiger partial charge on any atom is 0.302 e. The van der Waals surface area contributed by atoms with Crippen LogP contribution in [0.3, 0.4) is 0 Å². The van der Waals surface area contributed by atoms with Crippen molar-refractivity contribution in [3.05, 3.63) is 11.6 Å². The topological polar surface area (TPSA) is 35.5 Å². The van der Waals surface area contributed by atoms with E-state index in [0.29, 0.717) is 19.8 Å². The highest BCUT2D eigenvalue weighted by atomic mass is 16.6. The summed E-state index contributed by atoms with van der Waals surface area (Å²) in [5.74, 6) is -0.255. The number of carbonyl (C=O) groups excluding carboxylic acids is 1. The summed E-state index contributed by atoms with van der Waals surface area (Å²) in [6.07, 6.45) is 2.08. The SMILES string of the molecule is CC=C(C)C.CCOCCOC(C)=O. The first-order valence-corrected chi connectivity index (χ1v) is 4.85. The highest BCUT2D eigenvalue weighted by molar-refractivity contribution is 5.65. The van der Waals surface area contributed by atoms with E-state index in [4.69, 9.17) is 4.74 Å². The number of allylic oxidation sites excluding steroid dienone is 2. The van der Waals surface area contributed by atoms with Crippen molar-refractivity contribution in [3.63, 3.8) is 0 Å². The predicted octanol–water partition coefficient (Wildman–Crippen LogP) is 2.56. The van der Waals surface area contributed by atoms with E-state index in [9.17, 15) is 4.79 Å². The van der Waals surface area contributed by atoms with Gasteiger partial charge in [0.15, 0.2) is 0 Å². The molecule has 0 aliphatic rings. The second-order valence-corrected chi connectivity index (χ2v) is 2.90. The van der Waals surface area contributed by atoms with E-state index < -0.39 is 0 Å². The fourth-order valence-corrected chi connectivity index (χ4v) is 0.389. The van der Waals surface area contributed by atoms with Crippen LogP contribution < -0.4 is 0 Å². The molecule has 3 nitrogen and oxygen atoms in total. The summed E-state index contributed by atoms with van der Waals surface area (Å²) in [5, 5.41) is 0. The Labute approximate surface area is 87.1 Å². The van der Waals surface area contributed by atoms with Crippen molar-refractivity contribution in [1.29, 1.82) is 0 Å². The normalized spacial score (nSPS) is 8.36. The van der Waals surface area contributed by atoms with Crippen molar-refractivity contribution < 1.29 is 14.3 Å². The maximum absolute atomic E-state index is 10.1. The van der Waals surface area contributed by atoms with E-state index in [1.165, 1.54) is 12.5 Å². The van der Waals surface area contributed by atoms with Gasteiger partial charge in [0.05, 0.1) is 6.61 Å². The molecule has 0 radical (unpaired) electrons. The van der Waals surface area contributed by atoms with Gasteiger partial charge in [0.1, 0.15) is 6.61 Å². The first-order chi connectivity index (χ1) is 6.54. The fourth-order valence-electron chi connectivity index (χ4n) is 0.389. The molecule has 0 rings (SSSR count). The van der Waals surface area contributed by atoms with Gasteiger partial charge in [0.2, 0.25) is 0 Å². The number of hydrogen-bond acceptors (Lipinski definition) is 3. The van der Waals surface area contributed by atoms with Crippen molar-refractivity contribution in [2.45, 2.75) is 34.6 Å². The number of esters is 1. The Morgan fingerprint density at radius 3 is 2.00 bits per heavy atom. The third kappa shape index (κ3) is 22.5. The molecule has 0 bridgehead atoms. The summed E-state index contributed by atoms with van der Waals surface area (Å²) in [5.41, 5.74) is 1.38. The van der Waals surface area contributed by atoms with Crippen LogP contribution in [0, 0.1) is 0 Å². The Morgan fingerprint density at radius 2 is 1.71 bits per heavy atom. The summed E-state index contributed by atoms with van der Waals surface area (Å²) in [7, 11) is 0. The monoisotopic (exact) mass is 202 g/mol. The van der Waals surface area contributed by atoms with E-state index in [1.54, 1.807) is 0 Å². The molecule has 0 amide bonds. The minimum Gasteiger partial charge on any atom is -0.463 e. The Hall–Kier alpha value is -0.830. The molecule has 0 unspecified atom stereocenters. The summed E-state index contributed by atoms with van der Waals surface area (Å²) in [4.78, 5) is 10.1. The van der Waals surface area contributed by atoms with Crippen molar-refractivity contribution in [1.82, 2.24) is 0 Å². The van der Waals surface area contributed by atoms with Crippen molar-refractivity contribution in [2.75, 3.05) is 19.8 Å². The molecule has 0 aromatic rings. The van der Waals surface area contributed by atoms with Gasteiger partial charge in [-0.05, 0) is 27.7 Å². The molecule has 0 fully saturated rings. The molecule has 3 heteroatoms. The molecule has 0 aromatic carbocycles. The lowest BCUT2D eigenvalue weighted by atomic mass is 10.3.